The van der Waals surface area contributed by atoms with Gasteiger partial charge in [-0.2, -0.15) is 0 Å². The number of rotatable bonds is 4. The van der Waals surface area contributed by atoms with E-state index in [1.54, 1.807) is 0 Å². The van der Waals surface area contributed by atoms with Crippen LogP contribution in [0.25, 0.3) is 0 Å². The van der Waals surface area contributed by atoms with Crippen molar-refractivity contribution in [2.24, 2.45) is 11.7 Å². The number of hydrogen-bond donors (Lipinski definition) is 1. The van der Waals surface area contributed by atoms with Crippen molar-refractivity contribution in [1.82, 2.24) is 0 Å². The van der Waals surface area contributed by atoms with Crippen molar-refractivity contribution in [2.75, 3.05) is 6.61 Å². The molecule has 0 aromatic rings. The van der Waals surface area contributed by atoms with Crippen molar-refractivity contribution in [3.8, 4) is 0 Å². The minimum Gasteiger partial charge on any atom is -0.378 e. The van der Waals surface area contributed by atoms with Crippen LogP contribution in [0.15, 0.2) is 0 Å². The maximum atomic E-state index is 12.0. The van der Waals surface area contributed by atoms with Crippen molar-refractivity contribution in [3.05, 3.63) is 0 Å². The number of carbonyl (C=O) groups is 1. The molecule has 0 bridgehead atoms. The summed E-state index contributed by atoms with van der Waals surface area (Å²) in [4.78, 5) is 12.0. The first kappa shape index (κ1) is 12.1. The molecule has 2 N–H and O–H groups in total. The van der Waals surface area contributed by atoms with Gasteiger partial charge in [0, 0.05) is 25.0 Å². The van der Waals surface area contributed by atoms with Crippen molar-refractivity contribution in [1.29, 1.82) is 0 Å². The van der Waals surface area contributed by atoms with Gasteiger partial charge in [0.05, 0.1) is 6.10 Å². The second-order valence-corrected chi connectivity index (χ2v) is 5.25. The third-order valence-corrected chi connectivity index (χ3v) is 3.96. The third-order valence-electron chi connectivity index (χ3n) is 3.96. The van der Waals surface area contributed by atoms with Crippen molar-refractivity contribution < 1.29 is 9.53 Å². The van der Waals surface area contributed by atoms with Crippen LogP contribution in [0, 0.1) is 5.92 Å². The number of Topliss-reactive ketones (excluding diaryl/α,β-unsaturated/α-hetero) is 1. The molecule has 1 unspecified atom stereocenters. The molecule has 1 heterocycles. The van der Waals surface area contributed by atoms with Gasteiger partial charge in [0.25, 0.3) is 0 Å². The van der Waals surface area contributed by atoms with Crippen LogP contribution in [0.2, 0.25) is 0 Å². The highest BCUT2D eigenvalue weighted by Crippen LogP contribution is 2.26. The normalized spacial score (nSPS) is 35.2. The van der Waals surface area contributed by atoms with Gasteiger partial charge in [-0.25, -0.2) is 0 Å². The smallest absolute Gasteiger partial charge is 0.136 e. The minimum atomic E-state index is 0.293. The minimum absolute atomic E-state index is 0.293. The lowest BCUT2D eigenvalue weighted by Crippen LogP contribution is -2.30. The Morgan fingerprint density at radius 3 is 2.56 bits per heavy atom. The monoisotopic (exact) mass is 225 g/mol. The Morgan fingerprint density at radius 2 is 1.94 bits per heavy atom. The first-order valence-corrected chi connectivity index (χ1v) is 6.65. The van der Waals surface area contributed by atoms with Gasteiger partial charge in [-0.05, 0) is 44.9 Å². The van der Waals surface area contributed by atoms with Crippen molar-refractivity contribution in [3.63, 3.8) is 0 Å². The van der Waals surface area contributed by atoms with E-state index in [0.717, 1.165) is 51.6 Å². The van der Waals surface area contributed by atoms with E-state index in [1.165, 1.54) is 0 Å². The Kier molecular flexibility index (Phi) is 4.36. The molecular weight excluding hydrogens is 202 g/mol. The molecule has 16 heavy (non-hydrogen) atoms. The van der Waals surface area contributed by atoms with E-state index in [1.807, 2.05) is 0 Å². The summed E-state index contributed by atoms with van der Waals surface area (Å²) in [6.45, 7) is 0.886. The molecule has 92 valence electrons. The fourth-order valence-electron chi connectivity index (χ4n) is 2.82. The molecule has 2 aliphatic rings. The standard InChI is InChI=1S/C13H23NO2/c14-11-5-3-10(4-6-11)13(15)8-7-12-2-1-9-16-12/h10-12H,1-9,14H2. The third kappa shape index (κ3) is 3.29. The van der Waals surface area contributed by atoms with Crippen LogP contribution < -0.4 is 5.73 Å². The molecule has 0 aromatic heterocycles. The van der Waals surface area contributed by atoms with Crippen LogP contribution in [-0.2, 0) is 9.53 Å². The Labute approximate surface area is 97.7 Å². The molecule has 0 spiro atoms. The van der Waals surface area contributed by atoms with Gasteiger partial charge in [-0.3, -0.25) is 4.79 Å². The highest BCUT2D eigenvalue weighted by atomic mass is 16.5. The fraction of sp³-hybridized carbons (Fsp3) is 0.923. The average molecular weight is 225 g/mol. The molecule has 0 amide bonds. The number of ketones is 1. The summed E-state index contributed by atoms with van der Waals surface area (Å²) in [5, 5.41) is 0. The van der Waals surface area contributed by atoms with Crippen LogP contribution in [0.3, 0.4) is 0 Å². The molecular formula is C13H23NO2. The molecule has 1 saturated heterocycles. The number of hydrogen-bond acceptors (Lipinski definition) is 3. The second kappa shape index (κ2) is 5.78. The number of nitrogens with two attached hydrogens (primary N) is 1. The first-order valence-electron chi connectivity index (χ1n) is 6.65. The second-order valence-electron chi connectivity index (χ2n) is 5.25. The maximum Gasteiger partial charge on any atom is 0.136 e. The number of ether oxygens (including phenoxy) is 1. The van der Waals surface area contributed by atoms with E-state index in [9.17, 15) is 4.79 Å². The van der Waals surface area contributed by atoms with Gasteiger partial charge >= 0.3 is 0 Å². The topological polar surface area (TPSA) is 52.3 Å². The summed E-state index contributed by atoms with van der Waals surface area (Å²) in [6.07, 6.45) is 8.37. The average Bonchev–Trinajstić information content (AvgIpc) is 2.80. The summed E-state index contributed by atoms with van der Waals surface area (Å²) in [5.74, 6) is 0.739. The van der Waals surface area contributed by atoms with E-state index < -0.39 is 0 Å². The molecule has 3 heteroatoms. The van der Waals surface area contributed by atoms with E-state index >= 15 is 0 Å². The lowest BCUT2D eigenvalue weighted by Gasteiger charge is -2.25. The van der Waals surface area contributed by atoms with Crippen LogP contribution in [0.1, 0.15) is 51.4 Å². The Hall–Kier alpha value is -0.410. The van der Waals surface area contributed by atoms with E-state index in [0.29, 0.717) is 30.3 Å². The summed E-state index contributed by atoms with van der Waals surface area (Å²) in [5.41, 5.74) is 5.84. The Balaban J connectivity index is 1.67. The van der Waals surface area contributed by atoms with Crippen LogP contribution in [0.4, 0.5) is 0 Å². The molecule has 3 nitrogen and oxygen atoms in total. The van der Waals surface area contributed by atoms with E-state index in [2.05, 4.69) is 0 Å². The van der Waals surface area contributed by atoms with Gasteiger partial charge in [-0.15, -0.1) is 0 Å². The fourth-order valence-corrected chi connectivity index (χ4v) is 2.82. The van der Waals surface area contributed by atoms with Crippen LogP contribution in [0.5, 0.6) is 0 Å². The van der Waals surface area contributed by atoms with Crippen molar-refractivity contribution >= 4 is 5.78 Å². The molecule has 2 rings (SSSR count). The zero-order valence-corrected chi connectivity index (χ0v) is 9.99. The Bertz CT molecular complexity index is 228. The predicted molar refractivity (Wildman–Crippen MR) is 63.1 cm³/mol. The largest absolute Gasteiger partial charge is 0.378 e. The van der Waals surface area contributed by atoms with Crippen LogP contribution in [-0.4, -0.2) is 24.5 Å². The zero-order chi connectivity index (χ0) is 11.4. The molecule has 1 atom stereocenters. The summed E-state index contributed by atoms with van der Waals surface area (Å²) in [6, 6.07) is 0.335. The van der Waals surface area contributed by atoms with Gasteiger partial charge < -0.3 is 10.5 Å². The first-order chi connectivity index (χ1) is 7.75. The lowest BCUT2D eigenvalue weighted by atomic mass is 9.82. The van der Waals surface area contributed by atoms with Gasteiger partial charge in [-0.1, -0.05) is 0 Å². The van der Waals surface area contributed by atoms with Gasteiger partial charge in [0.2, 0.25) is 0 Å². The highest BCUT2D eigenvalue weighted by Gasteiger charge is 2.25. The Morgan fingerprint density at radius 1 is 1.19 bits per heavy atom. The van der Waals surface area contributed by atoms with E-state index in [4.69, 9.17) is 10.5 Å². The summed E-state index contributed by atoms with van der Waals surface area (Å²) < 4.78 is 5.54. The van der Waals surface area contributed by atoms with Gasteiger partial charge in [0.15, 0.2) is 0 Å². The molecule has 1 aliphatic carbocycles. The van der Waals surface area contributed by atoms with Gasteiger partial charge in [0.1, 0.15) is 5.78 Å². The summed E-state index contributed by atoms with van der Waals surface area (Å²) in [7, 11) is 0. The quantitative estimate of drug-likeness (QED) is 0.796. The predicted octanol–water partition coefficient (Wildman–Crippen LogP) is 2.03. The van der Waals surface area contributed by atoms with Crippen molar-refractivity contribution in [2.45, 2.75) is 63.5 Å². The molecule has 0 radical (unpaired) electrons. The van der Waals surface area contributed by atoms with Crippen LogP contribution >= 0.6 is 0 Å². The number of carbonyl (C=O) groups excluding carboxylic acids is 1. The highest BCUT2D eigenvalue weighted by molar-refractivity contribution is 5.81. The lowest BCUT2D eigenvalue weighted by molar-refractivity contribution is -0.124. The van der Waals surface area contributed by atoms with E-state index in [-0.39, 0.29) is 0 Å². The molecule has 0 aromatic carbocycles. The maximum absolute atomic E-state index is 12.0. The molecule has 1 aliphatic heterocycles. The SMILES string of the molecule is NC1CCC(C(=O)CCC2CCCO2)CC1. The summed E-state index contributed by atoms with van der Waals surface area (Å²) >= 11 is 0. The molecule has 2 fully saturated rings. The zero-order valence-electron chi connectivity index (χ0n) is 9.99. The molecule has 1 saturated carbocycles.